The van der Waals surface area contributed by atoms with Gasteiger partial charge < -0.3 is 0 Å². The fourth-order valence-electron chi connectivity index (χ4n) is 3.48. The lowest BCUT2D eigenvalue weighted by molar-refractivity contribution is 0.384. The van der Waals surface area contributed by atoms with Crippen LogP contribution in [0.1, 0.15) is 11.3 Å². The third-order valence-corrected chi connectivity index (χ3v) is 8.12. The minimum atomic E-state index is -3.57. The zero-order valence-electron chi connectivity index (χ0n) is 14.7. The molecule has 1 aliphatic rings. The van der Waals surface area contributed by atoms with Crippen LogP contribution in [0.15, 0.2) is 62.9 Å². The van der Waals surface area contributed by atoms with Crippen LogP contribution < -0.4 is 5.56 Å². The van der Waals surface area contributed by atoms with Gasteiger partial charge in [-0.2, -0.15) is 4.31 Å². The molecule has 4 heterocycles. The predicted octanol–water partition coefficient (Wildman–Crippen LogP) is 2.50. The van der Waals surface area contributed by atoms with Crippen LogP contribution in [-0.4, -0.2) is 33.9 Å². The second kappa shape index (κ2) is 6.40. The summed E-state index contributed by atoms with van der Waals surface area (Å²) in [5.74, 6) is 0. The van der Waals surface area contributed by atoms with Gasteiger partial charge in [-0.3, -0.25) is 9.89 Å². The van der Waals surface area contributed by atoms with Crippen molar-refractivity contribution in [1.82, 2.24) is 18.9 Å². The van der Waals surface area contributed by atoms with Crippen LogP contribution in [-0.2, 0) is 23.0 Å². The minimum absolute atomic E-state index is 0.104. The van der Waals surface area contributed by atoms with Crippen LogP contribution in [0.5, 0.6) is 0 Å². The molecule has 1 aromatic carbocycles. The summed E-state index contributed by atoms with van der Waals surface area (Å²) in [5, 5.41) is 4.85. The van der Waals surface area contributed by atoms with Gasteiger partial charge in [0.05, 0.1) is 17.9 Å². The van der Waals surface area contributed by atoms with Crippen LogP contribution in [0, 0.1) is 0 Å². The molecule has 0 saturated heterocycles. The molecule has 0 atom stereocenters. The molecule has 0 saturated carbocycles. The minimum Gasteiger partial charge on any atom is -0.289 e. The van der Waals surface area contributed by atoms with Crippen molar-refractivity contribution in [2.45, 2.75) is 17.2 Å². The third-order valence-electron chi connectivity index (χ3n) is 4.91. The monoisotopic (exact) mass is 412 g/mol. The number of nitrogens with zero attached hydrogens (tertiary/aromatic N) is 3. The number of benzene rings is 1. The number of fused-ring (bicyclic) bond motifs is 2. The summed E-state index contributed by atoms with van der Waals surface area (Å²) in [6.45, 7) is 0.371. The Morgan fingerprint density at radius 2 is 1.93 bits per heavy atom. The average molecular weight is 412 g/mol. The number of aromatic nitrogens is 3. The SMILES string of the molecule is O=c1c2c(nc3cc(-c4ccccc4)[nH]n13)CN(S(=O)(=O)c1cccs1)CC2. The van der Waals surface area contributed by atoms with E-state index in [9.17, 15) is 13.2 Å². The topological polar surface area (TPSA) is 87.5 Å². The molecule has 7 nitrogen and oxygen atoms in total. The highest BCUT2D eigenvalue weighted by atomic mass is 32.2. The molecule has 1 aliphatic heterocycles. The van der Waals surface area contributed by atoms with E-state index in [2.05, 4.69) is 10.1 Å². The van der Waals surface area contributed by atoms with Gasteiger partial charge in [0.25, 0.3) is 15.6 Å². The van der Waals surface area contributed by atoms with E-state index in [-0.39, 0.29) is 18.6 Å². The molecule has 142 valence electrons. The second-order valence-corrected chi connectivity index (χ2v) is 9.70. The lowest BCUT2D eigenvalue weighted by atomic mass is 10.1. The molecule has 0 amide bonds. The number of rotatable bonds is 3. The number of sulfonamides is 1. The zero-order valence-corrected chi connectivity index (χ0v) is 16.3. The maximum Gasteiger partial charge on any atom is 0.276 e. The summed E-state index contributed by atoms with van der Waals surface area (Å²) < 4.78 is 28.8. The first-order valence-corrected chi connectivity index (χ1v) is 11.1. The number of H-pyrrole nitrogens is 1. The number of nitrogens with one attached hydrogen (secondary N) is 1. The van der Waals surface area contributed by atoms with Gasteiger partial charge in [0.2, 0.25) is 0 Å². The molecule has 0 unspecified atom stereocenters. The molecule has 0 spiro atoms. The Bertz CT molecular complexity index is 1320. The van der Waals surface area contributed by atoms with E-state index in [1.807, 2.05) is 36.4 Å². The summed E-state index contributed by atoms with van der Waals surface area (Å²) in [6, 6.07) is 14.8. The Morgan fingerprint density at radius 3 is 2.68 bits per heavy atom. The van der Waals surface area contributed by atoms with Crippen molar-refractivity contribution in [2.75, 3.05) is 6.54 Å². The highest BCUT2D eigenvalue weighted by Crippen LogP contribution is 2.26. The molecule has 28 heavy (non-hydrogen) atoms. The number of hydrogen-bond acceptors (Lipinski definition) is 5. The van der Waals surface area contributed by atoms with Crippen molar-refractivity contribution in [3.63, 3.8) is 0 Å². The normalized spacial score (nSPS) is 15.0. The number of aromatic amines is 1. The Kier molecular flexibility index (Phi) is 3.97. The number of thiophene rings is 1. The molecular weight excluding hydrogens is 396 g/mol. The van der Waals surface area contributed by atoms with Gasteiger partial charge in [-0.05, 0) is 23.4 Å². The third kappa shape index (κ3) is 2.70. The maximum absolute atomic E-state index is 12.9. The Hall–Kier alpha value is -2.75. The van der Waals surface area contributed by atoms with Crippen molar-refractivity contribution in [3.05, 3.63) is 75.5 Å². The summed E-state index contributed by atoms with van der Waals surface area (Å²) in [5.41, 5.74) is 3.14. The largest absolute Gasteiger partial charge is 0.289 e. The van der Waals surface area contributed by atoms with Crippen LogP contribution in [0.25, 0.3) is 16.9 Å². The fourth-order valence-corrected chi connectivity index (χ4v) is 6.02. The van der Waals surface area contributed by atoms with E-state index in [1.165, 1.54) is 20.2 Å². The summed E-state index contributed by atoms with van der Waals surface area (Å²) in [6.07, 6.45) is 0.342. The smallest absolute Gasteiger partial charge is 0.276 e. The van der Waals surface area contributed by atoms with Crippen LogP contribution >= 0.6 is 11.3 Å². The van der Waals surface area contributed by atoms with Gasteiger partial charge in [0.15, 0.2) is 5.65 Å². The van der Waals surface area contributed by atoms with Crippen molar-refractivity contribution in [3.8, 4) is 11.3 Å². The van der Waals surface area contributed by atoms with Gasteiger partial charge in [0.1, 0.15) is 4.21 Å². The molecule has 1 N–H and O–H groups in total. The van der Waals surface area contributed by atoms with Crippen LogP contribution in [0.2, 0.25) is 0 Å². The van der Waals surface area contributed by atoms with Crippen LogP contribution in [0.4, 0.5) is 0 Å². The van der Waals surface area contributed by atoms with Gasteiger partial charge in [-0.25, -0.2) is 17.9 Å². The standard InChI is InChI=1S/C19H16N4O3S2/c24-19-14-8-9-22(28(25,26)18-7-4-10-27-18)12-16(14)20-17-11-15(21-23(17)19)13-5-2-1-3-6-13/h1-7,10-11,21H,8-9,12H2. The van der Waals surface area contributed by atoms with Gasteiger partial charge >= 0.3 is 0 Å². The Labute approximate surface area is 164 Å². The van der Waals surface area contributed by atoms with Crippen molar-refractivity contribution < 1.29 is 8.42 Å². The molecule has 5 rings (SSSR count). The van der Waals surface area contributed by atoms with E-state index in [0.717, 1.165) is 11.3 Å². The second-order valence-electron chi connectivity index (χ2n) is 6.59. The van der Waals surface area contributed by atoms with E-state index < -0.39 is 10.0 Å². The molecule has 4 aromatic rings. The van der Waals surface area contributed by atoms with Gasteiger partial charge in [0, 0.05) is 18.2 Å². The maximum atomic E-state index is 12.9. The zero-order chi connectivity index (χ0) is 19.3. The summed E-state index contributed by atoms with van der Waals surface area (Å²) in [4.78, 5) is 17.5. The molecular formula is C19H16N4O3S2. The molecule has 0 radical (unpaired) electrons. The lowest BCUT2D eigenvalue weighted by Crippen LogP contribution is -2.39. The van der Waals surface area contributed by atoms with E-state index in [0.29, 0.717) is 27.5 Å². The summed E-state index contributed by atoms with van der Waals surface area (Å²) >= 11 is 1.19. The fraction of sp³-hybridized carbons (Fsp3) is 0.158. The molecule has 3 aromatic heterocycles. The first kappa shape index (κ1) is 17.4. The van der Waals surface area contributed by atoms with Gasteiger partial charge in [-0.15, -0.1) is 11.3 Å². The predicted molar refractivity (Wildman–Crippen MR) is 107 cm³/mol. The molecule has 0 fully saturated rings. The van der Waals surface area contributed by atoms with Crippen LogP contribution in [0.3, 0.4) is 0 Å². The Morgan fingerprint density at radius 1 is 1.11 bits per heavy atom. The average Bonchev–Trinajstić information content (AvgIpc) is 3.39. The molecule has 0 aliphatic carbocycles. The van der Waals surface area contributed by atoms with Crippen molar-refractivity contribution >= 4 is 27.0 Å². The van der Waals surface area contributed by atoms with E-state index in [1.54, 1.807) is 17.5 Å². The quantitative estimate of drug-likeness (QED) is 0.560. The van der Waals surface area contributed by atoms with Gasteiger partial charge in [-0.1, -0.05) is 36.4 Å². The first-order valence-electron chi connectivity index (χ1n) is 8.76. The molecule has 9 heteroatoms. The summed E-state index contributed by atoms with van der Waals surface area (Å²) in [7, 11) is -3.57. The highest BCUT2D eigenvalue weighted by molar-refractivity contribution is 7.91. The van der Waals surface area contributed by atoms with Crippen molar-refractivity contribution in [1.29, 1.82) is 0 Å². The number of hydrogen-bond donors (Lipinski definition) is 1. The van der Waals surface area contributed by atoms with E-state index in [4.69, 9.17) is 0 Å². The van der Waals surface area contributed by atoms with Crippen molar-refractivity contribution in [2.24, 2.45) is 0 Å². The lowest BCUT2D eigenvalue weighted by Gasteiger charge is -2.26. The Balaban J connectivity index is 1.57. The molecule has 0 bridgehead atoms. The first-order chi connectivity index (χ1) is 13.5. The van der Waals surface area contributed by atoms with E-state index >= 15 is 0 Å². The highest BCUT2D eigenvalue weighted by Gasteiger charge is 2.31.